The maximum absolute atomic E-state index is 12.2. The standard InChI is InChI=1S/C14H14IN3O/c1-9-8-10(6-7-12(9)18-16)14(19)17-13-5-3-2-4-11(13)15/h2-8,18H,16H2,1H3,(H,17,19). The molecule has 0 radical (unpaired) electrons. The molecule has 0 fully saturated rings. The Bertz CT molecular complexity index is 613. The molecule has 98 valence electrons. The highest BCUT2D eigenvalue weighted by Crippen LogP contribution is 2.19. The van der Waals surface area contributed by atoms with E-state index in [-0.39, 0.29) is 5.91 Å². The monoisotopic (exact) mass is 367 g/mol. The molecule has 4 N–H and O–H groups in total. The smallest absolute Gasteiger partial charge is 0.255 e. The van der Waals surface area contributed by atoms with Gasteiger partial charge in [0.2, 0.25) is 0 Å². The van der Waals surface area contributed by atoms with Crippen LogP contribution in [0.4, 0.5) is 11.4 Å². The molecule has 0 spiro atoms. The van der Waals surface area contributed by atoms with Crippen molar-refractivity contribution in [2.45, 2.75) is 6.92 Å². The predicted octanol–water partition coefficient (Wildman–Crippen LogP) is 3.14. The molecule has 2 rings (SSSR count). The molecule has 2 aromatic carbocycles. The van der Waals surface area contributed by atoms with Crippen LogP contribution in [-0.2, 0) is 0 Å². The molecule has 0 aliphatic heterocycles. The highest BCUT2D eigenvalue weighted by molar-refractivity contribution is 14.1. The van der Waals surface area contributed by atoms with E-state index < -0.39 is 0 Å². The summed E-state index contributed by atoms with van der Waals surface area (Å²) < 4.78 is 1.01. The van der Waals surface area contributed by atoms with Gasteiger partial charge in [-0.3, -0.25) is 10.6 Å². The molecular weight excluding hydrogens is 353 g/mol. The zero-order chi connectivity index (χ0) is 13.8. The number of para-hydroxylation sites is 1. The van der Waals surface area contributed by atoms with Crippen molar-refractivity contribution >= 4 is 39.9 Å². The zero-order valence-corrected chi connectivity index (χ0v) is 12.6. The van der Waals surface area contributed by atoms with Crippen molar-refractivity contribution < 1.29 is 4.79 Å². The van der Waals surface area contributed by atoms with Gasteiger partial charge in [0.15, 0.2) is 0 Å². The van der Waals surface area contributed by atoms with Crippen LogP contribution in [0, 0.1) is 10.5 Å². The quantitative estimate of drug-likeness (QED) is 0.444. The van der Waals surface area contributed by atoms with Crippen molar-refractivity contribution in [1.29, 1.82) is 0 Å². The fourth-order valence-corrected chi connectivity index (χ4v) is 2.25. The minimum atomic E-state index is -0.129. The van der Waals surface area contributed by atoms with Crippen molar-refractivity contribution in [3.8, 4) is 0 Å². The lowest BCUT2D eigenvalue weighted by Crippen LogP contribution is -2.14. The summed E-state index contributed by atoms with van der Waals surface area (Å²) >= 11 is 2.19. The van der Waals surface area contributed by atoms with E-state index in [0.717, 1.165) is 20.5 Å². The number of carbonyl (C=O) groups is 1. The highest BCUT2D eigenvalue weighted by atomic mass is 127. The first kappa shape index (κ1) is 13.8. The normalized spacial score (nSPS) is 10.1. The number of hydrogen-bond donors (Lipinski definition) is 3. The minimum absolute atomic E-state index is 0.129. The van der Waals surface area contributed by atoms with E-state index in [9.17, 15) is 4.79 Å². The second-order valence-corrected chi connectivity index (χ2v) is 5.27. The summed E-state index contributed by atoms with van der Waals surface area (Å²) in [5.74, 6) is 5.24. The zero-order valence-electron chi connectivity index (χ0n) is 10.4. The van der Waals surface area contributed by atoms with Crippen molar-refractivity contribution in [2.75, 3.05) is 10.7 Å². The summed E-state index contributed by atoms with van der Waals surface area (Å²) in [7, 11) is 0. The van der Waals surface area contributed by atoms with E-state index in [0.29, 0.717) is 5.56 Å². The molecule has 0 saturated heterocycles. The average molecular weight is 367 g/mol. The first-order chi connectivity index (χ1) is 9.11. The van der Waals surface area contributed by atoms with Crippen molar-refractivity contribution in [1.82, 2.24) is 0 Å². The number of anilines is 2. The Kier molecular flexibility index (Phi) is 4.39. The predicted molar refractivity (Wildman–Crippen MR) is 86.1 cm³/mol. The van der Waals surface area contributed by atoms with Crippen LogP contribution in [0.3, 0.4) is 0 Å². The lowest BCUT2D eigenvalue weighted by Gasteiger charge is -2.09. The molecule has 0 saturated carbocycles. The van der Waals surface area contributed by atoms with Gasteiger partial charge in [0.1, 0.15) is 0 Å². The van der Waals surface area contributed by atoms with Crippen LogP contribution in [-0.4, -0.2) is 5.91 Å². The van der Waals surface area contributed by atoms with E-state index >= 15 is 0 Å². The van der Waals surface area contributed by atoms with Crippen LogP contribution in [0.25, 0.3) is 0 Å². The Hall–Kier alpha value is -1.60. The Labute approximate surface area is 125 Å². The van der Waals surface area contributed by atoms with Gasteiger partial charge in [0.25, 0.3) is 5.91 Å². The molecule has 0 aliphatic rings. The van der Waals surface area contributed by atoms with Crippen LogP contribution in [0.1, 0.15) is 15.9 Å². The second kappa shape index (κ2) is 6.03. The largest absolute Gasteiger partial charge is 0.324 e. The third-order valence-electron chi connectivity index (χ3n) is 2.77. The number of hydrogen-bond acceptors (Lipinski definition) is 3. The van der Waals surface area contributed by atoms with E-state index in [2.05, 4.69) is 33.3 Å². The fraction of sp³-hybridized carbons (Fsp3) is 0.0714. The van der Waals surface area contributed by atoms with Crippen LogP contribution >= 0.6 is 22.6 Å². The Morgan fingerprint density at radius 2 is 1.89 bits per heavy atom. The first-order valence-electron chi connectivity index (χ1n) is 5.75. The Morgan fingerprint density at radius 1 is 1.16 bits per heavy atom. The molecule has 19 heavy (non-hydrogen) atoms. The first-order valence-corrected chi connectivity index (χ1v) is 6.83. The maximum atomic E-state index is 12.2. The summed E-state index contributed by atoms with van der Waals surface area (Å²) in [5.41, 5.74) is 5.75. The van der Waals surface area contributed by atoms with Gasteiger partial charge in [0.05, 0.1) is 11.4 Å². The van der Waals surface area contributed by atoms with Crippen LogP contribution in [0.15, 0.2) is 42.5 Å². The number of amides is 1. The van der Waals surface area contributed by atoms with Crippen LogP contribution in [0.2, 0.25) is 0 Å². The summed E-state index contributed by atoms with van der Waals surface area (Å²) in [6, 6.07) is 13.0. The lowest BCUT2D eigenvalue weighted by molar-refractivity contribution is 0.102. The van der Waals surface area contributed by atoms with E-state index in [1.165, 1.54) is 0 Å². The molecule has 0 heterocycles. The van der Waals surface area contributed by atoms with Gasteiger partial charge < -0.3 is 10.7 Å². The number of rotatable bonds is 3. The number of nitrogens with one attached hydrogen (secondary N) is 2. The SMILES string of the molecule is Cc1cc(C(=O)Nc2ccccc2I)ccc1NN. The van der Waals surface area contributed by atoms with Gasteiger partial charge in [-0.15, -0.1) is 0 Å². The molecule has 0 atom stereocenters. The average Bonchev–Trinajstić information content (AvgIpc) is 2.41. The molecule has 4 nitrogen and oxygen atoms in total. The number of carbonyl (C=O) groups excluding carboxylic acids is 1. The van der Waals surface area contributed by atoms with E-state index in [1.54, 1.807) is 18.2 Å². The molecular formula is C14H14IN3O. The van der Waals surface area contributed by atoms with Gasteiger partial charge in [0, 0.05) is 9.13 Å². The molecule has 2 aromatic rings. The van der Waals surface area contributed by atoms with Crippen molar-refractivity contribution in [3.05, 3.63) is 57.2 Å². The minimum Gasteiger partial charge on any atom is -0.324 e. The van der Waals surface area contributed by atoms with Gasteiger partial charge in [-0.05, 0) is 65.4 Å². The third-order valence-corrected chi connectivity index (χ3v) is 3.71. The van der Waals surface area contributed by atoms with Gasteiger partial charge in [-0.25, -0.2) is 0 Å². The third kappa shape index (κ3) is 3.24. The number of halogens is 1. The van der Waals surface area contributed by atoms with Crippen molar-refractivity contribution in [2.24, 2.45) is 5.84 Å². The van der Waals surface area contributed by atoms with Gasteiger partial charge in [-0.1, -0.05) is 12.1 Å². The molecule has 5 heteroatoms. The summed E-state index contributed by atoms with van der Waals surface area (Å²) in [5, 5.41) is 2.89. The Morgan fingerprint density at radius 3 is 2.53 bits per heavy atom. The number of benzene rings is 2. The van der Waals surface area contributed by atoms with Gasteiger partial charge >= 0.3 is 0 Å². The molecule has 0 unspecified atom stereocenters. The van der Waals surface area contributed by atoms with E-state index in [4.69, 9.17) is 5.84 Å². The maximum Gasteiger partial charge on any atom is 0.255 e. The molecule has 0 aliphatic carbocycles. The number of hydrazine groups is 1. The highest BCUT2D eigenvalue weighted by Gasteiger charge is 2.09. The second-order valence-electron chi connectivity index (χ2n) is 4.11. The molecule has 0 aromatic heterocycles. The van der Waals surface area contributed by atoms with Crippen molar-refractivity contribution in [3.63, 3.8) is 0 Å². The fourth-order valence-electron chi connectivity index (χ4n) is 1.72. The number of nitrogen functional groups attached to an aromatic ring is 1. The topological polar surface area (TPSA) is 67.2 Å². The summed E-state index contributed by atoms with van der Waals surface area (Å²) in [4.78, 5) is 12.2. The van der Waals surface area contributed by atoms with E-state index in [1.807, 2.05) is 31.2 Å². The number of aryl methyl sites for hydroxylation is 1. The van der Waals surface area contributed by atoms with Gasteiger partial charge in [-0.2, -0.15) is 0 Å². The lowest BCUT2D eigenvalue weighted by atomic mass is 10.1. The Balaban J connectivity index is 2.21. The number of nitrogens with two attached hydrogens (primary N) is 1. The summed E-state index contributed by atoms with van der Waals surface area (Å²) in [6.07, 6.45) is 0. The van der Waals surface area contributed by atoms with Crippen LogP contribution < -0.4 is 16.6 Å². The molecule has 1 amide bonds. The molecule has 0 bridgehead atoms. The van der Waals surface area contributed by atoms with Crippen LogP contribution in [0.5, 0.6) is 0 Å². The summed E-state index contributed by atoms with van der Waals surface area (Å²) in [6.45, 7) is 1.90.